The molecule has 8 heteroatoms. The summed E-state index contributed by atoms with van der Waals surface area (Å²) < 4.78 is 57.3. The van der Waals surface area contributed by atoms with E-state index in [1.165, 1.54) is 24.3 Å². The van der Waals surface area contributed by atoms with Gasteiger partial charge in [0.15, 0.2) is 0 Å². The van der Waals surface area contributed by atoms with Crippen molar-refractivity contribution in [1.82, 2.24) is 4.72 Å². The molecule has 0 aliphatic rings. The predicted molar refractivity (Wildman–Crippen MR) is 86.0 cm³/mol. The van der Waals surface area contributed by atoms with E-state index in [9.17, 15) is 17.2 Å². The van der Waals surface area contributed by atoms with E-state index < -0.39 is 28.4 Å². The summed E-state index contributed by atoms with van der Waals surface area (Å²) in [7, 11) is -4.03. The minimum atomic E-state index is -4.03. The van der Waals surface area contributed by atoms with E-state index in [1.807, 2.05) is 0 Å². The second kappa shape index (κ2) is 7.37. The zero-order chi connectivity index (χ0) is 17.0. The number of halogens is 3. The molecule has 0 aromatic heterocycles. The van der Waals surface area contributed by atoms with Crippen LogP contribution in [-0.4, -0.2) is 15.0 Å². The molecule has 1 N–H and O–H groups in total. The quantitative estimate of drug-likeness (QED) is 0.787. The Morgan fingerprint density at radius 1 is 1.09 bits per heavy atom. The first-order valence-electron chi connectivity index (χ1n) is 6.62. The molecular formula is C15H14BrF2NO3S. The molecule has 2 aromatic carbocycles. The van der Waals surface area contributed by atoms with E-state index in [2.05, 4.69) is 25.4 Å². The smallest absolute Gasteiger partial charge is 0.387 e. The largest absolute Gasteiger partial charge is 0.433 e. The molecular weight excluding hydrogens is 392 g/mol. The number of hydrogen-bond acceptors (Lipinski definition) is 3. The van der Waals surface area contributed by atoms with Gasteiger partial charge in [-0.15, -0.1) is 0 Å². The Morgan fingerprint density at radius 2 is 1.70 bits per heavy atom. The molecule has 0 saturated carbocycles. The molecule has 0 spiro atoms. The highest BCUT2D eigenvalue weighted by Gasteiger charge is 2.24. The highest BCUT2D eigenvalue weighted by Crippen LogP contribution is 2.28. The van der Waals surface area contributed by atoms with Gasteiger partial charge in [-0.3, -0.25) is 0 Å². The van der Waals surface area contributed by atoms with Crippen molar-refractivity contribution in [2.45, 2.75) is 24.5 Å². The topological polar surface area (TPSA) is 55.4 Å². The van der Waals surface area contributed by atoms with Gasteiger partial charge < -0.3 is 4.74 Å². The number of nitrogens with one attached hydrogen (secondary N) is 1. The molecule has 0 heterocycles. The van der Waals surface area contributed by atoms with Crippen LogP contribution in [0.25, 0.3) is 0 Å². The van der Waals surface area contributed by atoms with Gasteiger partial charge in [-0.05, 0) is 30.7 Å². The second-order valence-corrected chi connectivity index (χ2v) is 7.23. The second-order valence-electron chi connectivity index (χ2n) is 4.69. The molecule has 1 atom stereocenters. The lowest BCUT2D eigenvalue weighted by Gasteiger charge is -2.17. The summed E-state index contributed by atoms with van der Waals surface area (Å²) in [6.45, 7) is -1.44. The lowest BCUT2D eigenvalue weighted by Crippen LogP contribution is -2.27. The van der Waals surface area contributed by atoms with E-state index in [0.717, 1.165) is 10.0 Å². The van der Waals surface area contributed by atoms with Crippen molar-refractivity contribution in [2.24, 2.45) is 0 Å². The maximum Gasteiger partial charge on any atom is 0.387 e. The summed E-state index contributed by atoms with van der Waals surface area (Å²) >= 11 is 3.35. The summed E-state index contributed by atoms with van der Waals surface area (Å²) in [6.07, 6.45) is 0. The molecule has 0 aliphatic heterocycles. The highest BCUT2D eigenvalue weighted by molar-refractivity contribution is 9.10. The molecule has 0 fully saturated rings. The summed E-state index contributed by atoms with van der Waals surface area (Å²) in [6, 6.07) is 11.8. The van der Waals surface area contributed by atoms with E-state index >= 15 is 0 Å². The number of alkyl halides is 2. The number of para-hydroxylation sites is 1. The van der Waals surface area contributed by atoms with Crippen molar-refractivity contribution >= 4 is 26.0 Å². The molecule has 0 radical (unpaired) electrons. The Hall–Kier alpha value is -1.51. The Labute approximate surface area is 141 Å². The number of benzene rings is 2. The Morgan fingerprint density at radius 3 is 2.35 bits per heavy atom. The fraction of sp³-hybridized carbons (Fsp3) is 0.200. The van der Waals surface area contributed by atoms with Crippen LogP contribution in [-0.2, 0) is 10.0 Å². The van der Waals surface area contributed by atoms with Crippen LogP contribution in [0.4, 0.5) is 8.78 Å². The van der Waals surface area contributed by atoms with Gasteiger partial charge in [0.2, 0.25) is 10.0 Å². The average Bonchev–Trinajstić information content (AvgIpc) is 2.47. The van der Waals surface area contributed by atoms with Crippen molar-refractivity contribution in [1.29, 1.82) is 0 Å². The first-order valence-corrected chi connectivity index (χ1v) is 8.89. The number of hydrogen-bond donors (Lipinski definition) is 1. The maximum atomic E-state index is 12.5. The van der Waals surface area contributed by atoms with Gasteiger partial charge in [-0.25, -0.2) is 13.1 Å². The van der Waals surface area contributed by atoms with Crippen LogP contribution in [0.15, 0.2) is 57.9 Å². The van der Waals surface area contributed by atoms with Crippen LogP contribution in [0.2, 0.25) is 0 Å². The third kappa shape index (κ3) is 4.49. The van der Waals surface area contributed by atoms with Gasteiger partial charge in [0.25, 0.3) is 0 Å². The fourth-order valence-electron chi connectivity index (χ4n) is 2.05. The van der Waals surface area contributed by atoms with Crippen LogP contribution < -0.4 is 9.46 Å². The zero-order valence-electron chi connectivity index (χ0n) is 12.0. The van der Waals surface area contributed by atoms with Gasteiger partial charge in [0, 0.05) is 10.5 Å². The minimum absolute atomic E-state index is 0.334. The van der Waals surface area contributed by atoms with Crippen LogP contribution in [0, 0.1) is 0 Å². The van der Waals surface area contributed by atoms with Crippen molar-refractivity contribution in [3.8, 4) is 5.75 Å². The molecule has 4 nitrogen and oxygen atoms in total. The third-order valence-corrected chi connectivity index (χ3v) is 5.36. The van der Waals surface area contributed by atoms with Gasteiger partial charge in [-0.1, -0.05) is 46.3 Å². The maximum absolute atomic E-state index is 12.5. The van der Waals surface area contributed by atoms with E-state index in [4.69, 9.17) is 0 Å². The van der Waals surface area contributed by atoms with Crippen molar-refractivity contribution < 1.29 is 21.9 Å². The first-order chi connectivity index (χ1) is 10.8. The number of ether oxygens (including phenoxy) is 1. The molecule has 0 saturated heterocycles. The van der Waals surface area contributed by atoms with Crippen LogP contribution in [0.5, 0.6) is 5.75 Å². The van der Waals surface area contributed by atoms with Crippen molar-refractivity contribution in [3.63, 3.8) is 0 Å². The molecule has 1 unspecified atom stereocenters. The monoisotopic (exact) mass is 405 g/mol. The molecule has 0 aliphatic carbocycles. The number of rotatable bonds is 6. The molecule has 124 valence electrons. The lowest BCUT2D eigenvalue weighted by molar-refractivity contribution is -0.0517. The van der Waals surface area contributed by atoms with E-state index in [-0.39, 0.29) is 4.90 Å². The average molecular weight is 406 g/mol. The van der Waals surface area contributed by atoms with Crippen LogP contribution in [0.1, 0.15) is 18.5 Å². The molecule has 0 amide bonds. The lowest BCUT2D eigenvalue weighted by atomic mass is 10.1. The first kappa shape index (κ1) is 17.8. The normalized spacial score (nSPS) is 13.1. The summed E-state index contributed by atoms with van der Waals surface area (Å²) in [5, 5.41) is 0. The molecule has 2 rings (SSSR count). The van der Waals surface area contributed by atoms with E-state index in [0.29, 0.717) is 0 Å². The van der Waals surface area contributed by atoms with Gasteiger partial charge in [0.1, 0.15) is 10.6 Å². The van der Waals surface area contributed by atoms with Gasteiger partial charge in [0.05, 0.1) is 0 Å². The van der Waals surface area contributed by atoms with Gasteiger partial charge >= 0.3 is 6.61 Å². The zero-order valence-corrected chi connectivity index (χ0v) is 14.4. The van der Waals surface area contributed by atoms with Crippen LogP contribution in [0.3, 0.4) is 0 Å². The Kier molecular flexibility index (Phi) is 5.72. The molecule has 23 heavy (non-hydrogen) atoms. The van der Waals surface area contributed by atoms with Crippen molar-refractivity contribution in [3.05, 3.63) is 58.6 Å². The Bertz CT molecular complexity index is 784. The standard InChI is InChI=1S/C15H14BrF2NO3S/c1-10(11-6-2-3-7-12(11)16)19-23(20,21)14-9-5-4-8-13(14)22-15(17)18/h2-10,15,19H,1H3. The summed E-state index contributed by atoms with van der Waals surface area (Å²) in [5.41, 5.74) is 0.725. The molecule has 2 aromatic rings. The predicted octanol–water partition coefficient (Wildman–Crippen LogP) is 4.09. The fourth-order valence-corrected chi connectivity index (χ4v) is 4.04. The van der Waals surface area contributed by atoms with Crippen molar-refractivity contribution in [2.75, 3.05) is 0 Å². The SMILES string of the molecule is CC(NS(=O)(=O)c1ccccc1OC(F)F)c1ccccc1Br. The minimum Gasteiger partial charge on any atom is -0.433 e. The highest BCUT2D eigenvalue weighted by atomic mass is 79.9. The van der Waals surface area contributed by atoms with Gasteiger partial charge in [-0.2, -0.15) is 8.78 Å². The van der Waals surface area contributed by atoms with E-state index in [1.54, 1.807) is 31.2 Å². The summed E-state index contributed by atoms with van der Waals surface area (Å²) in [4.78, 5) is -0.334. The van der Waals surface area contributed by atoms with Crippen LogP contribution >= 0.6 is 15.9 Å². The molecule has 0 bridgehead atoms. The number of sulfonamides is 1. The Balaban J connectivity index is 2.31. The third-order valence-electron chi connectivity index (χ3n) is 3.06. The summed E-state index contributed by atoms with van der Waals surface area (Å²) in [5.74, 6) is -0.394.